The van der Waals surface area contributed by atoms with Crippen molar-refractivity contribution in [1.29, 1.82) is 0 Å². The van der Waals surface area contributed by atoms with E-state index in [0.29, 0.717) is 40.5 Å². The van der Waals surface area contributed by atoms with Crippen molar-refractivity contribution >= 4 is 62.7 Å². The van der Waals surface area contributed by atoms with Crippen LogP contribution in [-0.4, -0.2) is 118 Å². The zero-order chi connectivity index (χ0) is 44.9. The van der Waals surface area contributed by atoms with Crippen molar-refractivity contribution in [3.8, 4) is 0 Å². The third kappa shape index (κ3) is 12.2. The highest BCUT2D eigenvalue weighted by molar-refractivity contribution is 6.11. The molecule has 0 bridgehead atoms. The highest BCUT2D eigenvalue weighted by Gasteiger charge is 2.48. The summed E-state index contributed by atoms with van der Waals surface area (Å²) in [5.74, 6) is -3.40. The predicted octanol–water partition coefficient (Wildman–Crippen LogP) is 1.04. The Morgan fingerprint density at radius 2 is 1.66 bits per heavy atom. The van der Waals surface area contributed by atoms with Gasteiger partial charge in [0.2, 0.25) is 29.5 Å². The zero-order valence-corrected chi connectivity index (χ0v) is 34.4. The average Bonchev–Trinajstić information content (AvgIpc) is 3.25. The molecule has 5 rings (SSSR count). The third-order valence-corrected chi connectivity index (χ3v) is 10.1. The topological polar surface area (TPSA) is 296 Å². The van der Waals surface area contributed by atoms with E-state index in [1.807, 2.05) is 54.6 Å². The van der Waals surface area contributed by atoms with Crippen LogP contribution in [-0.2, 0) is 44.8 Å². The molecular formula is C42H52N8O12. The second kappa shape index (κ2) is 22.0. The number of nitro benzene ring substituents is 1. The molecule has 1 aliphatic rings. The van der Waals surface area contributed by atoms with E-state index in [4.69, 9.17) is 19.9 Å². The lowest BCUT2D eigenvalue weighted by molar-refractivity contribution is -0.383. The summed E-state index contributed by atoms with van der Waals surface area (Å²) in [6.45, 7) is 3.95. The number of para-hydroxylation sites is 1. The van der Waals surface area contributed by atoms with Crippen molar-refractivity contribution in [2.45, 2.75) is 95.5 Å². The highest BCUT2D eigenvalue weighted by Crippen LogP contribution is 2.36. The van der Waals surface area contributed by atoms with E-state index in [1.54, 1.807) is 12.1 Å². The minimum atomic E-state index is -1.51. The first-order chi connectivity index (χ1) is 29.7. The molecule has 20 nitrogen and oxygen atoms in total. The number of rotatable bonds is 21. The molecule has 62 heavy (non-hydrogen) atoms. The number of carbonyl (C=O) groups is 5. The number of hydrogen-bond acceptors (Lipinski definition) is 14. The largest absolute Gasteiger partial charge is 0.394 e. The van der Waals surface area contributed by atoms with Crippen molar-refractivity contribution in [2.24, 2.45) is 5.73 Å². The van der Waals surface area contributed by atoms with Crippen LogP contribution < -0.4 is 32.3 Å². The second-order valence-electron chi connectivity index (χ2n) is 14.8. The number of primary amides is 1. The number of ether oxygens (including phenoxy) is 3. The lowest BCUT2D eigenvalue weighted by Gasteiger charge is -2.44. The highest BCUT2D eigenvalue weighted by atomic mass is 16.7. The van der Waals surface area contributed by atoms with Crippen LogP contribution in [0, 0.1) is 10.1 Å². The number of non-ortho nitro benzene ring substituents is 1. The van der Waals surface area contributed by atoms with E-state index < -0.39 is 89.9 Å². The van der Waals surface area contributed by atoms with Crippen LogP contribution in [0.5, 0.6) is 0 Å². The van der Waals surface area contributed by atoms with E-state index in [2.05, 4.69) is 31.6 Å². The van der Waals surface area contributed by atoms with Crippen molar-refractivity contribution in [1.82, 2.24) is 26.3 Å². The first-order valence-electron chi connectivity index (χ1n) is 20.1. The number of nitrogens with zero attached hydrogens (tertiary/aromatic N) is 2. The molecule has 9 N–H and O–H groups in total. The summed E-state index contributed by atoms with van der Waals surface area (Å²) in [7, 11) is 0. The number of nitrogens with one attached hydrogen (secondary N) is 5. The molecule has 2 heterocycles. The molecule has 0 radical (unpaired) electrons. The molecule has 1 saturated heterocycles. The van der Waals surface area contributed by atoms with Gasteiger partial charge in [-0.2, -0.15) is 0 Å². The summed E-state index contributed by atoms with van der Waals surface area (Å²) in [6, 6.07) is 17.4. The van der Waals surface area contributed by atoms with Crippen LogP contribution >= 0.6 is 0 Å². The lowest BCUT2D eigenvalue weighted by atomic mass is 9.96. The van der Waals surface area contributed by atoms with Gasteiger partial charge in [0, 0.05) is 37.9 Å². The molecule has 332 valence electrons. The number of fused-ring (bicyclic) bond motifs is 2. The van der Waals surface area contributed by atoms with Gasteiger partial charge in [0.15, 0.2) is 6.29 Å². The number of nitro groups is 1. The fraction of sp³-hybridized carbons (Fsp3) is 0.429. The Morgan fingerprint density at radius 3 is 2.35 bits per heavy atom. The van der Waals surface area contributed by atoms with Crippen LogP contribution in [0.4, 0.5) is 11.4 Å². The maximum absolute atomic E-state index is 13.3. The van der Waals surface area contributed by atoms with Gasteiger partial charge in [-0.15, -0.1) is 0 Å². The van der Waals surface area contributed by atoms with Gasteiger partial charge in [-0.25, -0.2) is 4.98 Å². The molecular weight excluding hydrogens is 809 g/mol. The molecule has 5 amide bonds. The molecule has 1 aliphatic heterocycles. The van der Waals surface area contributed by atoms with Crippen LogP contribution in [0.3, 0.4) is 0 Å². The van der Waals surface area contributed by atoms with Gasteiger partial charge in [0.05, 0.1) is 34.9 Å². The van der Waals surface area contributed by atoms with Gasteiger partial charge in [-0.3, -0.25) is 34.1 Å². The molecule has 0 aliphatic carbocycles. The number of pyridine rings is 1. The molecule has 0 spiro atoms. The first kappa shape index (κ1) is 46.7. The zero-order valence-electron chi connectivity index (χ0n) is 34.4. The molecule has 4 aromatic rings. The Hall–Kier alpha value is -6.32. The quantitative estimate of drug-likeness (QED) is 0.0252. The van der Waals surface area contributed by atoms with Crippen molar-refractivity contribution in [3.05, 3.63) is 88.5 Å². The molecule has 1 fully saturated rings. The summed E-state index contributed by atoms with van der Waals surface area (Å²) in [5.41, 5.74) is 7.91. The van der Waals surface area contributed by atoms with Gasteiger partial charge in [-0.1, -0.05) is 54.6 Å². The number of aromatic nitrogens is 1. The molecule has 8 unspecified atom stereocenters. The Balaban J connectivity index is 1.10. The molecule has 8 atom stereocenters. The fourth-order valence-electron chi connectivity index (χ4n) is 6.94. The van der Waals surface area contributed by atoms with E-state index in [-0.39, 0.29) is 31.7 Å². The Labute approximate surface area is 356 Å². The van der Waals surface area contributed by atoms with Crippen LogP contribution in [0.1, 0.15) is 45.6 Å². The summed E-state index contributed by atoms with van der Waals surface area (Å²) in [6.07, 6.45) is -6.39. The number of anilines is 1. The number of amides is 5. The van der Waals surface area contributed by atoms with Gasteiger partial charge in [0.1, 0.15) is 47.9 Å². The average molecular weight is 861 g/mol. The molecule has 3 aromatic carbocycles. The maximum Gasteiger partial charge on any atom is 0.280 e. The number of hydrogen-bond donors (Lipinski definition) is 8. The first-order valence-corrected chi connectivity index (χ1v) is 20.1. The Morgan fingerprint density at radius 1 is 0.952 bits per heavy atom. The second-order valence-corrected chi connectivity index (χ2v) is 14.8. The Kier molecular flexibility index (Phi) is 16.6. The minimum absolute atomic E-state index is 0.0564. The molecule has 20 heteroatoms. The lowest BCUT2D eigenvalue weighted by Crippen LogP contribution is -2.66. The monoisotopic (exact) mass is 860 g/mol. The van der Waals surface area contributed by atoms with Crippen LogP contribution in [0.25, 0.3) is 21.8 Å². The maximum atomic E-state index is 13.3. The van der Waals surface area contributed by atoms with E-state index in [0.717, 1.165) is 5.56 Å². The number of carbonyl (C=O) groups excluding carboxylic acids is 5. The summed E-state index contributed by atoms with van der Waals surface area (Å²) >= 11 is 0. The third-order valence-electron chi connectivity index (χ3n) is 10.1. The number of nitrogens with two attached hydrogens (primary N) is 1. The normalized spacial score (nSPS) is 20.0. The van der Waals surface area contributed by atoms with Gasteiger partial charge in [-0.05, 0) is 44.4 Å². The Bertz CT molecular complexity index is 2230. The SMILES string of the molecule is CC(=O)NC1C(OCc2ccccc2)OC(CO)C(O)C1OC(C)C(=O)NC(C)C(=O)NC(CCC(=O)NCCCNc1c2ccccc2nc2cccc([N+](=O)[O-])c12)C(N)=O. The van der Waals surface area contributed by atoms with Crippen LogP contribution in [0.2, 0.25) is 0 Å². The van der Waals surface area contributed by atoms with Gasteiger partial charge < -0.3 is 56.7 Å². The van der Waals surface area contributed by atoms with Gasteiger partial charge in [0.25, 0.3) is 5.69 Å². The van der Waals surface area contributed by atoms with E-state index >= 15 is 0 Å². The fourth-order valence-corrected chi connectivity index (χ4v) is 6.94. The summed E-state index contributed by atoms with van der Waals surface area (Å²) in [5, 5.41) is 47.5. The van der Waals surface area contributed by atoms with Crippen molar-refractivity contribution in [3.63, 3.8) is 0 Å². The standard InChI is InChI=1S/C42H52N8O12/c1-23(46-41(57)24(2)61-38-36(47-25(3)52)42(62-32(21-51)37(38)54)60-22-26-11-5-4-6-12-26)40(56)49-30(39(43)55)17-18-33(53)44-19-10-20-45-35-27-13-7-8-14-28(27)48-29-15-9-16-31(34(29)35)50(58)59/h4-9,11-16,23-24,30,32,36-38,42,51,54H,10,17-22H2,1-3H3,(H2,43,55)(H,44,53)(H,45,48)(H,46,57)(H,47,52)(H,49,56). The van der Waals surface area contributed by atoms with Crippen molar-refractivity contribution < 1.29 is 53.3 Å². The number of benzene rings is 3. The predicted molar refractivity (Wildman–Crippen MR) is 225 cm³/mol. The van der Waals surface area contributed by atoms with E-state index in [1.165, 1.54) is 26.8 Å². The van der Waals surface area contributed by atoms with Crippen molar-refractivity contribution in [2.75, 3.05) is 25.0 Å². The van der Waals surface area contributed by atoms with Crippen LogP contribution in [0.15, 0.2) is 72.8 Å². The number of aliphatic hydroxyl groups excluding tert-OH is 2. The molecule has 1 aromatic heterocycles. The summed E-state index contributed by atoms with van der Waals surface area (Å²) in [4.78, 5) is 79.5. The smallest absolute Gasteiger partial charge is 0.280 e. The summed E-state index contributed by atoms with van der Waals surface area (Å²) < 4.78 is 17.6. The minimum Gasteiger partial charge on any atom is -0.394 e. The number of aliphatic hydroxyl groups is 2. The van der Waals surface area contributed by atoms with Gasteiger partial charge >= 0.3 is 0 Å². The van der Waals surface area contributed by atoms with E-state index in [9.17, 15) is 44.3 Å². The molecule has 0 saturated carbocycles.